The van der Waals surface area contributed by atoms with Gasteiger partial charge in [0, 0.05) is 23.9 Å². The Labute approximate surface area is 122 Å². The molecular formula is C13H14N4O3S. The zero-order valence-corrected chi connectivity index (χ0v) is 12.2. The molecule has 1 aromatic carbocycles. The molecule has 1 aliphatic heterocycles. The molecule has 2 aromatic rings. The fourth-order valence-corrected chi connectivity index (χ4v) is 3.23. The summed E-state index contributed by atoms with van der Waals surface area (Å²) in [7, 11) is -3.48. The highest BCUT2D eigenvalue weighted by Gasteiger charge is 2.26. The van der Waals surface area contributed by atoms with E-state index in [1.807, 2.05) is 11.0 Å². The van der Waals surface area contributed by atoms with E-state index in [4.69, 9.17) is 5.73 Å². The molecule has 0 radical (unpaired) electrons. The number of carbonyl (C=O) groups excluding carboxylic acids is 1. The largest absolute Gasteiger partial charge is 0.366 e. The molecule has 110 valence electrons. The molecular weight excluding hydrogens is 292 g/mol. The molecule has 0 saturated heterocycles. The maximum absolute atomic E-state index is 11.8. The zero-order chi connectivity index (χ0) is 15.2. The molecule has 0 bridgehead atoms. The van der Waals surface area contributed by atoms with Crippen LogP contribution in [0.2, 0.25) is 0 Å². The molecule has 0 aliphatic carbocycles. The maximum Gasteiger partial charge on any atom is 0.252 e. The first-order valence-electron chi connectivity index (χ1n) is 6.33. The van der Waals surface area contributed by atoms with Crippen LogP contribution in [0.25, 0.3) is 0 Å². The van der Waals surface area contributed by atoms with Crippen molar-refractivity contribution in [2.75, 3.05) is 17.7 Å². The van der Waals surface area contributed by atoms with E-state index < -0.39 is 15.9 Å². The number of nitrogens with zero attached hydrogens (tertiary/aromatic N) is 3. The Bertz CT molecular complexity index is 826. The summed E-state index contributed by atoms with van der Waals surface area (Å²) in [6.07, 6.45) is 3.30. The van der Waals surface area contributed by atoms with Crippen molar-refractivity contribution in [1.82, 2.24) is 9.19 Å². The average molecular weight is 306 g/mol. The number of hydrogen-bond acceptors (Lipinski definition) is 5. The van der Waals surface area contributed by atoms with E-state index in [0.29, 0.717) is 17.9 Å². The Kier molecular flexibility index (Phi) is 2.98. The molecule has 8 heteroatoms. The molecule has 21 heavy (non-hydrogen) atoms. The zero-order valence-electron chi connectivity index (χ0n) is 11.4. The summed E-state index contributed by atoms with van der Waals surface area (Å²) in [6, 6.07) is 6.84. The second-order valence-electron chi connectivity index (χ2n) is 4.90. The number of primary amides is 1. The number of carbonyl (C=O) groups is 1. The van der Waals surface area contributed by atoms with Crippen LogP contribution in [0.4, 0.5) is 11.5 Å². The predicted molar refractivity (Wildman–Crippen MR) is 78.1 cm³/mol. The van der Waals surface area contributed by atoms with Gasteiger partial charge in [-0.3, -0.25) is 4.79 Å². The van der Waals surface area contributed by atoms with E-state index in [0.717, 1.165) is 28.0 Å². The highest BCUT2D eigenvalue weighted by Crippen LogP contribution is 2.35. The highest BCUT2D eigenvalue weighted by molar-refractivity contribution is 7.89. The number of aromatic nitrogens is 2. The molecule has 1 aliphatic rings. The molecule has 0 unspecified atom stereocenters. The van der Waals surface area contributed by atoms with Gasteiger partial charge in [-0.1, -0.05) is 6.07 Å². The van der Waals surface area contributed by atoms with Gasteiger partial charge in [-0.2, -0.15) is 5.10 Å². The number of hydrogen-bond donors (Lipinski definition) is 1. The van der Waals surface area contributed by atoms with Gasteiger partial charge in [0.15, 0.2) is 0 Å². The molecule has 2 heterocycles. The Balaban J connectivity index is 2.11. The number of anilines is 2. The lowest BCUT2D eigenvalue weighted by Gasteiger charge is -2.20. The number of amides is 1. The van der Waals surface area contributed by atoms with Crippen molar-refractivity contribution in [1.29, 1.82) is 0 Å². The third-order valence-corrected chi connectivity index (χ3v) is 4.36. The Morgan fingerprint density at radius 2 is 2.10 bits per heavy atom. The molecule has 0 fully saturated rings. The van der Waals surface area contributed by atoms with Gasteiger partial charge >= 0.3 is 0 Å². The SMILES string of the molecule is CS(=O)(=O)n1nccc1N1CCc2ccc(C(N)=O)cc21. The molecule has 0 atom stereocenters. The molecule has 0 saturated carbocycles. The molecule has 2 N–H and O–H groups in total. The van der Waals surface area contributed by atoms with Crippen LogP contribution in [-0.4, -0.2) is 36.3 Å². The summed E-state index contributed by atoms with van der Waals surface area (Å²) in [5.41, 5.74) is 7.53. The van der Waals surface area contributed by atoms with Crippen molar-refractivity contribution >= 4 is 27.4 Å². The Morgan fingerprint density at radius 1 is 1.33 bits per heavy atom. The van der Waals surface area contributed by atoms with Gasteiger partial charge in [0.2, 0.25) is 5.91 Å². The van der Waals surface area contributed by atoms with Crippen molar-refractivity contribution in [2.45, 2.75) is 6.42 Å². The van der Waals surface area contributed by atoms with E-state index in [2.05, 4.69) is 5.10 Å². The Morgan fingerprint density at radius 3 is 2.76 bits per heavy atom. The number of benzene rings is 1. The minimum Gasteiger partial charge on any atom is -0.366 e. The van der Waals surface area contributed by atoms with E-state index in [9.17, 15) is 13.2 Å². The summed E-state index contributed by atoms with van der Waals surface area (Å²) < 4.78 is 24.5. The topological polar surface area (TPSA) is 98.3 Å². The molecule has 1 amide bonds. The summed E-state index contributed by atoms with van der Waals surface area (Å²) in [6.45, 7) is 0.624. The summed E-state index contributed by atoms with van der Waals surface area (Å²) >= 11 is 0. The third kappa shape index (κ3) is 2.27. The van der Waals surface area contributed by atoms with Crippen LogP contribution in [0.15, 0.2) is 30.5 Å². The van der Waals surface area contributed by atoms with Gasteiger partial charge < -0.3 is 10.6 Å². The van der Waals surface area contributed by atoms with Crippen LogP contribution in [0.1, 0.15) is 15.9 Å². The average Bonchev–Trinajstić information content (AvgIpc) is 3.02. The third-order valence-electron chi connectivity index (χ3n) is 3.45. The van der Waals surface area contributed by atoms with E-state index in [-0.39, 0.29) is 0 Å². The van der Waals surface area contributed by atoms with Crippen molar-refractivity contribution in [3.8, 4) is 0 Å². The standard InChI is InChI=1S/C13H14N4O3S/c1-21(19,20)17-12(4-6-15-17)16-7-5-9-2-3-10(13(14)18)8-11(9)16/h2-4,6,8H,5,7H2,1H3,(H2,14,18). The van der Waals surface area contributed by atoms with E-state index in [1.165, 1.54) is 6.20 Å². The van der Waals surface area contributed by atoms with Crippen LogP contribution in [0, 0.1) is 0 Å². The Hall–Kier alpha value is -2.35. The smallest absolute Gasteiger partial charge is 0.252 e. The number of rotatable bonds is 3. The van der Waals surface area contributed by atoms with Crippen molar-refractivity contribution in [2.24, 2.45) is 5.73 Å². The molecule has 0 spiro atoms. The summed E-state index contributed by atoms with van der Waals surface area (Å²) in [5.74, 6) is -0.0564. The van der Waals surface area contributed by atoms with Gasteiger partial charge in [-0.05, 0) is 24.1 Å². The predicted octanol–water partition coefficient (Wildman–Crippen LogP) is 0.484. The lowest BCUT2D eigenvalue weighted by Crippen LogP contribution is -2.22. The highest BCUT2D eigenvalue weighted by atomic mass is 32.2. The van der Waals surface area contributed by atoms with Gasteiger partial charge in [0.25, 0.3) is 10.0 Å². The second-order valence-corrected chi connectivity index (χ2v) is 6.72. The summed E-state index contributed by atoms with van der Waals surface area (Å²) in [4.78, 5) is 13.1. The maximum atomic E-state index is 11.8. The monoisotopic (exact) mass is 306 g/mol. The molecule has 1 aromatic heterocycles. The van der Waals surface area contributed by atoms with Gasteiger partial charge in [0.05, 0.1) is 12.5 Å². The minimum absolute atomic E-state index is 0.395. The van der Waals surface area contributed by atoms with Crippen LogP contribution in [-0.2, 0) is 16.4 Å². The fraction of sp³-hybridized carbons (Fsp3) is 0.231. The van der Waals surface area contributed by atoms with Crippen molar-refractivity contribution < 1.29 is 13.2 Å². The summed E-state index contributed by atoms with van der Waals surface area (Å²) in [5, 5.41) is 3.86. The van der Waals surface area contributed by atoms with Crippen LogP contribution >= 0.6 is 0 Å². The number of fused-ring (bicyclic) bond motifs is 1. The molecule has 3 rings (SSSR count). The number of nitrogens with two attached hydrogens (primary N) is 1. The minimum atomic E-state index is -3.48. The van der Waals surface area contributed by atoms with Crippen molar-refractivity contribution in [3.05, 3.63) is 41.6 Å². The van der Waals surface area contributed by atoms with Gasteiger partial charge in [-0.15, -0.1) is 4.09 Å². The van der Waals surface area contributed by atoms with Crippen LogP contribution in [0.3, 0.4) is 0 Å². The fourth-order valence-electron chi connectivity index (χ4n) is 2.50. The normalized spacial score (nSPS) is 14.2. The van der Waals surface area contributed by atoms with Crippen LogP contribution in [0.5, 0.6) is 0 Å². The first-order valence-corrected chi connectivity index (χ1v) is 8.17. The van der Waals surface area contributed by atoms with E-state index in [1.54, 1.807) is 18.2 Å². The second kappa shape index (κ2) is 4.59. The van der Waals surface area contributed by atoms with Gasteiger partial charge in [0.1, 0.15) is 5.82 Å². The van der Waals surface area contributed by atoms with Crippen molar-refractivity contribution in [3.63, 3.8) is 0 Å². The quantitative estimate of drug-likeness (QED) is 0.889. The first-order chi connectivity index (χ1) is 9.88. The lowest BCUT2D eigenvalue weighted by atomic mass is 10.1. The van der Waals surface area contributed by atoms with Crippen LogP contribution < -0.4 is 10.6 Å². The van der Waals surface area contributed by atoms with Gasteiger partial charge in [-0.25, -0.2) is 8.42 Å². The van der Waals surface area contributed by atoms with E-state index >= 15 is 0 Å². The first kappa shape index (κ1) is 13.6. The lowest BCUT2D eigenvalue weighted by molar-refractivity contribution is 0.100. The molecule has 7 nitrogen and oxygen atoms in total.